The monoisotopic (exact) mass is 378 g/mol. The predicted molar refractivity (Wildman–Crippen MR) is 105 cm³/mol. The van der Waals surface area contributed by atoms with Crippen molar-refractivity contribution in [3.8, 4) is 34.3 Å². The van der Waals surface area contributed by atoms with Crippen molar-refractivity contribution < 1.29 is 18.8 Å². The van der Waals surface area contributed by atoms with E-state index in [1.807, 2.05) is 36.4 Å². The van der Waals surface area contributed by atoms with Crippen LogP contribution < -0.4 is 9.47 Å². The van der Waals surface area contributed by atoms with Gasteiger partial charge in [-0.3, -0.25) is 4.79 Å². The SMILES string of the molecule is CCC1(CC)CC(=O)c2cc(-c3noc(-c4ccccc4OC)n3)ccc2O1. The lowest BCUT2D eigenvalue weighted by Gasteiger charge is -2.36. The molecular formula is C22H22N2O4. The minimum Gasteiger partial charge on any atom is -0.496 e. The Bertz CT molecular complexity index is 1020. The summed E-state index contributed by atoms with van der Waals surface area (Å²) >= 11 is 0. The first-order valence-corrected chi connectivity index (χ1v) is 9.43. The maximum Gasteiger partial charge on any atom is 0.262 e. The first kappa shape index (κ1) is 18.2. The number of aromatic nitrogens is 2. The summed E-state index contributed by atoms with van der Waals surface area (Å²) in [4.78, 5) is 17.2. The van der Waals surface area contributed by atoms with Crippen LogP contribution in [0.4, 0.5) is 0 Å². The molecule has 2 aromatic carbocycles. The number of hydrogen-bond donors (Lipinski definition) is 0. The first-order valence-electron chi connectivity index (χ1n) is 9.43. The summed E-state index contributed by atoms with van der Waals surface area (Å²) < 4.78 is 17.0. The molecule has 0 saturated carbocycles. The second kappa shape index (κ2) is 7.11. The predicted octanol–water partition coefficient (Wildman–Crippen LogP) is 4.94. The summed E-state index contributed by atoms with van der Waals surface area (Å²) in [5, 5.41) is 4.08. The van der Waals surface area contributed by atoms with Gasteiger partial charge in [-0.15, -0.1) is 0 Å². The Labute approximate surface area is 163 Å². The molecule has 0 N–H and O–H groups in total. The lowest BCUT2D eigenvalue weighted by atomic mass is 9.85. The molecule has 1 aliphatic heterocycles. The fourth-order valence-corrected chi connectivity index (χ4v) is 3.55. The summed E-state index contributed by atoms with van der Waals surface area (Å²) in [5.74, 6) is 2.14. The van der Waals surface area contributed by atoms with Crippen LogP contribution in [0.3, 0.4) is 0 Å². The van der Waals surface area contributed by atoms with Gasteiger partial charge in [0.2, 0.25) is 5.82 Å². The molecule has 144 valence electrons. The molecule has 0 saturated heterocycles. The average Bonchev–Trinajstić information content (AvgIpc) is 3.23. The third-order valence-electron chi connectivity index (χ3n) is 5.40. The Balaban J connectivity index is 1.68. The number of nitrogens with zero attached hydrogens (tertiary/aromatic N) is 2. The normalized spacial score (nSPS) is 15.0. The third-order valence-corrected chi connectivity index (χ3v) is 5.40. The number of carbonyl (C=O) groups excluding carboxylic acids is 1. The highest BCUT2D eigenvalue weighted by Crippen LogP contribution is 2.39. The lowest BCUT2D eigenvalue weighted by molar-refractivity contribution is 0.0350. The number of ether oxygens (including phenoxy) is 2. The van der Waals surface area contributed by atoms with Crippen LogP contribution in [0.2, 0.25) is 0 Å². The highest BCUT2D eigenvalue weighted by atomic mass is 16.5. The number of Topliss-reactive ketones (excluding diaryl/α,β-unsaturated/α-hetero) is 1. The van der Waals surface area contributed by atoms with Gasteiger partial charge in [-0.05, 0) is 43.2 Å². The quantitative estimate of drug-likeness (QED) is 0.626. The lowest BCUT2D eigenvalue weighted by Crippen LogP contribution is -2.40. The molecule has 28 heavy (non-hydrogen) atoms. The molecule has 6 heteroatoms. The number of methoxy groups -OCH3 is 1. The Morgan fingerprint density at radius 3 is 2.64 bits per heavy atom. The number of ketones is 1. The summed E-state index contributed by atoms with van der Waals surface area (Å²) in [7, 11) is 1.60. The van der Waals surface area contributed by atoms with Crippen LogP contribution in [0.5, 0.6) is 11.5 Å². The Hall–Kier alpha value is -3.15. The molecule has 0 amide bonds. The largest absolute Gasteiger partial charge is 0.496 e. The zero-order valence-electron chi connectivity index (χ0n) is 16.2. The van der Waals surface area contributed by atoms with Crippen molar-refractivity contribution >= 4 is 5.78 Å². The minimum atomic E-state index is -0.408. The van der Waals surface area contributed by atoms with Crippen LogP contribution in [0.1, 0.15) is 43.5 Å². The van der Waals surface area contributed by atoms with E-state index in [1.54, 1.807) is 13.2 Å². The molecule has 0 spiro atoms. The van der Waals surface area contributed by atoms with Gasteiger partial charge < -0.3 is 14.0 Å². The second-order valence-corrected chi connectivity index (χ2v) is 6.93. The van der Waals surface area contributed by atoms with E-state index in [0.717, 1.165) is 18.4 Å². The van der Waals surface area contributed by atoms with Gasteiger partial charge >= 0.3 is 0 Å². The van der Waals surface area contributed by atoms with Gasteiger partial charge in [-0.2, -0.15) is 4.98 Å². The van der Waals surface area contributed by atoms with E-state index in [9.17, 15) is 4.79 Å². The fraction of sp³-hybridized carbons (Fsp3) is 0.318. The number of carbonyl (C=O) groups is 1. The van der Waals surface area contributed by atoms with E-state index in [-0.39, 0.29) is 5.78 Å². The molecule has 3 aromatic rings. The summed E-state index contributed by atoms with van der Waals surface area (Å²) in [6.07, 6.45) is 1.97. The van der Waals surface area contributed by atoms with Crippen molar-refractivity contribution in [2.24, 2.45) is 0 Å². The summed E-state index contributed by atoms with van der Waals surface area (Å²) in [5.41, 5.74) is 1.59. The molecular weight excluding hydrogens is 356 g/mol. The van der Waals surface area contributed by atoms with Gasteiger partial charge in [-0.25, -0.2) is 0 Å². The van der Waals surface area contributed by atoms with Gasteiger partial charge in [0, 0.05) is 5.56 Å². The zero-order chi connectivity index (χ0) is 19.7. The van der Waals surface area contributed by atoms with Gasteiger partial charge in [0.1, 0.15) is 17.1 Å². The topological polar surface area (TPSA) is 74.5 Å². The van der Waals surface area contributed by atoms with Gasteiger partial charge in [0.25, 0.3) is 5.89 Å². The molecule has 0 bridgehead atoms. The minimum absolute atomic E-state index is 0.0836. The molecule has 6 nitrogen and oxygen atoms in total. The van der Waals surface area contributed by atoms with Crippen LogP contribution >= 0.6 is 0 Å². The molecule has 0 unspecified atom stereocenters. The van der Waals surface area contributed by atoms with Crippen molar-refractivity contribution in [1.82, 2.24) is 10.1 Å². The number of hydrogen-bond acceptors (Lipinski definition) is 6. The van der Waals surface area contributed by atoms with E-state index in [4.69, 9.17) is 14.0 Å². The standard InChI is InChI=1S/C22H22N2O4/c1-4-22(5-2)13-17(25)16-12-14(10-11-19(16)27-22)20-23-21(28-24-20)15-8-6-7-9-18(15)26-3/h6-12H,4-5,13H2,1-3H3. The Kier molecular flexibility index (Phi) is 4.63. The summed E-state index contributed by atoms with van der Waals surface area (Å²) in [6.45, 7) is 4.10. The van der Waals surface area contributed by atoms with Crippen LogP contribution in [-0.2, 0) is 0 Å². The van der Waals surface area contributed by atoms with Gasteiger partial charge in [0.15, 0.2) is 5.78 Å². The highest BCUT2D eigenvalue weighted by Gasteiger charge is 2.37. The molecule has 2 heterocycles. The molecule has 1 aromatic heterocycles. The van der Waals surface area contributed by atoms with Crippen LogP contribution in [0.25, 0.3) is 22.8 Å². The molecule has 0 aliphatic carbocycles. The van der Waals surface area contributed by atoms with E-state index >= 15 is 0 Å². The van der Waals surface area contributed by atoms with E-state index in [0.29, 0.717) is 40.8 Å². The van der Waals surface area contributed by atoms with Crippen molar-refractivity contribution in [1.29, 1.82) is 0 Å². The zero-order valence-corrected chi connectivity index (χ0v) is 16.2. The maximum atomic E-state index is 12.8. The van der Waals surface area contributed by atoms with E-state index < -0.39 is 5.60 Å². The van der Waals surface area contributed by atoms with Crippen molar-refractivity contribution in [3.05, 3.63) is 48.0 Å². The molecule has 4 rings (SSSR count). The molecule has 0 radical (unpaired) electrons. The Morgan fingerprint density at radius 1 is 1.11 bits per heavy atom. The van der Waals surface area contributed by atoms with Crippen LogP contribution in [0, 0.1) is 0 Å². The van der Waals surface area contributed by atoms with Crippen molar-refractivity contribution in [2.75, 3.05) is 7.11 Å². The Morgan fingerprint density at radius 2 is 1.89 bits per heavy atom. The van der Waals surface area contributed by atoms with Gasteiger partial charge in [-0.1, -0.05) is 31.1 Å². The molecule has 1 aliphatic rings. The molecule has 0 atom stereocenters. The third kappa shape index (κ3) is 3.05. The van der Waals surface area contributed by atoms with Crippen LogP contribution in [-0.4, -0.2) is 28.6 Å². The first-order chi connectivity index (χ1) is 13.6. The highest BCUT2D eigenvalue weighted by molar-refractivity contribution is 6.01. The van der Waals surface area contributed by atoms with E-state index in [2.05, 4.69) is 24.0 Å². The number of fused-ring (bicyclic) bond motifs is 1. The number of para-hydroxylation sites is 1. The van der Waals surface area contributed by atoms with Crippen molar-refractivity contribution in [3.63, 3.8) is 0 Å². The number of benzene rings is 2. The van der Waals surface area contributed by atoms with Gasteiger partial charge in [0.05, 0.1) is 24.7 Å². The fourth-order valence-electron chi connectivity index (χ4n) is 3.55. The maximum absolute atomic E-state index is 12.8. The van der Waals surface area contributed by atoms with Crippen molar-refractivity contribution in [2.45, 2.75) is 38.7 Å². The smallest absolute Gasteiger partial charge is 0.262 e. The average molecular weight is 378 g/mol. The van der Waals surface area contributed by atoms with E-state index in [1.165, 1.54) is 0 Å². The van der Waals surface area contributed by atoms with Crippen LogP contribution in [0.15, 0.2) is 47.0 Å². The molecule has 0 fully saturated rings. The summed E-state index contributed by atoms with van der Waals surface area (Å²) in [6, 6.07) is 12.9. The second-order valence-electron chi connectivity index (χ2n) is 6.93. The number of rotatable bonds is 5.